The number of hydrazone groups is 1. The van der Waals surface area contributed by atoms with Gasteiger partial charge in [-0.3, -0.25) is 30.4 Å². The fourth-order valence-electron chi connectivity index (χ4n) is 1.74. The number of nitrogens with zero attached hydrogens (tertiary/aromatic N) is 4. The van der Waals surface area contributed by atoms with E-state index < -0.39 is 32.7 Å². The molecule has 124 valence electrons. The molecule has 1 heterocycles. The van der Waals surface area contributed by atoms with Gasteiger partial charge < -0.3 is 10.1 Å². The van der Waals surface area contributed by atoms with E-state index in [4.69, 9.17) is 0 Å². The molecule has 0 atom stereocenters. The van der Waals surface area contributed by atoms with Crippen molar-refractivity contribution in [3.8, 4) is 5.88 Å². The second kappa shape index (κ2) is 6.51. The first-order chi connectivity index (χ1) is 11.3. The van der Waals surface area contributed by atoms with Crippen LogP contribution in [0, 0.1) is 27.2 Å². The minimum absolute atomic E-state index is 0.127. The molecule has 0 aliphatic rings. The summed E-state index contributed by atoms with van der Waals surface area (Å²) in [6.45, 7) is 1.47. The summed E-state index contributed by atoms with van der Waals surface area (Å²) in [5.41, 5.74) is 0.244. The molecule has 24 heavy (non-hydrogen) atoms. The van der Waals surface area contributed by atoms with Gasteiger partial charge >= 0.3 is 5.69 Å². The number of rotatable bonds is 5. The lowest BCUT2D eigenvalue weighted by atomic mass is 10.2. The van der Waals surface area contributed by atoms with Crippen LogP contribution in [0.3, 0.4) is 0 Å². The number of nitro benzene ring substituents is 2. The number of benzene rings is 1. The van der Waals surface area contributed by atoms with Crippen molar-refractivity contribution >= 4 is 23.3 Å². The largest absolute Gasteiger partial charge is 0.493 e. The quantitative estimate of drug-likeness (QED) is 0.412. The fraction of sp³-hybridized carbons (Fsp3) is 0.0833. The van der Waals surface area contributed by atoms with Gasteiger partial charge in [0, 0.05) is 6.07 Å². The van der Waals surface area contributed by atoms with Crippen LogP contribution in [0.1, 0.15) is 11.4 Å². The van der Waals surface area contributed by atoms with Gasteiger partial charge in [-0.25, -0.2) is 4.98 Å². The third kappa shape index (κ3) is 3.49. The second-order valence-corrected chi connectivity index (χ2v) is 4.47. The number of aromatic nitrogens is 2. The summed E-state index contributed by atoms with van der Waals surface area (Å²) in [6.07, 6.45) is 0.922. The third-order valence-electron chi connectivity index (χ3n) is 2.82. The summed E-state index contributed by atoms with van der Waals surface area (Å²) in [7, 11) is 0. The number of aromatic hydroxyl groups is 1. The molecule has 1 aromatic heterocycles. The molecule has 0 unspecified atom stereocenters. The molecule has 12 heteroatoms. The van der Waals surface area contributed by atoms with Crippen LogP contribution in [0.5, 0.6) is 5.88 Å². The highest BCUT2D eigenvalue weighted by Crippen LogP contribution is 2.28. The van der Waals surface area contributed by atoms with E-state index in [-0.39, 0.29) is 17.1 Å². The van der Waals surface area contributed by atoms with Crippen molar-refractivity contribution in [2.45, 2.75) is 6.92 Å². The maximum absolute atomic E-state index is 11.6. The number of non-ortho nitro benzene ring substituents is 1. The lowest BCUT2D eigenvalue weighted by molar-refractivity contribution is -0.393. The molecule has 0 aliphatic carbocycles. The van der Waals surface area contributed by atoms with Crippen molar-refractivity contribution in [2.75, 3.05) is 5.43 Å². The van der Waals surface area contributed by atoms with Crippen LogP contribution in [0.4, 0.5) is 17.1 Å². The highest BCUT2D eigenvalue weighted by molar-refractivity contribution is 5.82. The Kier molecular flexibility index (Phi) is 4.49. The molecular weight excluding hydrogens is 324 g/mol. The molecule has 12 nitrogen and oxygen atoms in total. The van der Waals surface area contributed by atoms with Crippen LogP contribution in [-0.2, 0) is 0 Å². The average Bonchev–Trinajstić information content (AvgIpc) is 2.49. The van der Waals surface area contributed by atoms with E-state index in [1.807, 2.05) is 0 Å². The zero-order chi connectivity index (χ0) is 17.9. The standard InChI is InChI=1S/C12H10N6O6/c1-6-14-11(19)8(12(20)15-6)5-13-16-9-3-2-7(17(21)22)4-10(9)18(23)24/h2-5,16H,1H3,(H2,14,15,19,20)/b13-5+. The molecule has 0 bridgehead atoms. The molecule has 0 fully saturated rings. The van der Waals surface area contributed by atoms with Crippen molar-refractivity contribution in [2.24, 2.45) is 5.10 Å². The normalized spacial score (nSPS) is 10.7. The van der Waals surface area contributed by atoms with Crippen LogP contribution in [-0.4, -0.2) is 31.1 Å². The first-order valence-corrected chi connectivity index (χ1v) is 6.31. The van der Waals surface area contributed by atoms with Crippen LogP contribution >= 0.6 is 0 Å². The van der Waals surface area contributed by atoms with Crippen molar-refractivity contribution in [1.82, 2.24) is 9.97 Å². The summed E-state index contributed by atoms with van der Waals surface area (Å²) in [4.78, 5) is 37.6. The Hall–Kier alpha value is -3.83. The molecule has 1 aromatic carbocycles. The molecule has 3 N–H and O–H groups in total. The van der Waals surface area contributed by atoms with E-state index in [1.54, 1.807) is 0 Å². The van der Waals surface area contributed by atoms with Gasteiger partial charge in [-0.1, -0.05) is 0 Å². The van der Waals surface area contributed by atoms with Crippen LogP contribution in [0.25, 0.3) is 0 Å². The predicted octanol–water partition coefficient (Wildman–Crippen LogP) is 1.05. The average molecular weight is 334 g/mol. The molecule has 0 radical (unpaired) electrons. The summed E-state index contributed by atoms with van der Waals surface area (Å²) in [6, 6.07) is 2.93. The molecule has 0 saturated carbocycles. The third-order valence-corrected chi connectivity index (χ3v) is 2.82. The Morgan fingerprint density at radius 2 is 2.04 bits per heavy atom. The SMILES string of the molecule is Cc1nc(O)c(/C=N/Nc2ccc([N+](=O)[O-])cc2[N+](=O)[O-])c(=O)[nH]1. The fourth-order valence-corrected chi connectivity index (χ4v) is 1.74. The number of aryl methyl sites for hydroxylation is 1. The van der Waals surface area contributed by atoms with E-state index in [9.17, 15) is 30.1 Å². The predicted molar refractivity (Wildman–Crippen MR) is 82.2 cm³/mol. The molecule has 0 aliphatic heterocycles. The first kappa shape index (κ1) is 16.5. The van der Waals surface area contributed by atoms with Gasteiger partial charge in [0.25, 0.3) is 11.2 Å². The topological polar surface area (TPSA) is 177 Å². The summed E-state index contributed by atoms with van der Waals surface area (Å²) in [5.74, 6) is -0.353. The van der Waals surface area contributed by atoms with E-state index in [2.05, 4.69) is 20.5 Å². The molecule has 2 rings (SSSR count). The number of anilines is 1. The van der Waals surface area contributed by atoms with Crippen molar-refractivity contribution in [1.29, 1.82) is 0 Å². The van der Waals surface area contributed by atoms with Crippen molar-refractivity contribution in [3.63, 3.8) is 0 Å². The number of hydrogen-bond acceptors (Lipinski definition) is 9. The summed E-state index contributed by atoms with van der Waals surface area (Å²) < 4.78 is 0. The molecular formula is C12H10N6O6. The van der Waals surface area contributed by atoms with Gasteiger partial charge in [0.05, 0.1) is 22.1 Å². The number of aromatic amines is 1. The van der Waals surface area contributed by atoms with Gasteiger partial charge in [-0.15, -0.1) is 0 Å². The minimum atomic E-state index is -0.817. The Labute approximate surface area is 132 Å². The lowest BCUT2D eigenvalue weighted by Gasteiger charge is -2.02. The van der Waals surface area contributed by atoms with Gasteiger partial charge in [0.2, 0.25) is 5.88 Å². The van der Waals surface area contributed by atoms with E-state index >= 15 is 0 Å². The molecule has 0 saturated heterocycles. The zero-order valence-corrected chi connectivity index (χ0v) is 12.1. The highest BCUT2D eigenvalue weighted by atomic mass is 16.6. The zero-order valence-electron chi connectivity index (χ0n) is 12.1. The Morgan fingerprint density at radius 1 is 1.33 bits per heavy atom. The summed E-state index contributed by atoms with van der Waals surface area (Å²) >= 11 is 0. The Bertz CT molecular complexity index is 905. The highest BCUT2D eigenvalue weighted by Gasteiger charge is 2.19. The van der Waals surface area contributed by atoms with E-state index in [0.29, 0.717) is 0 Å². The van der Waals surface area contributed by atoms with Gasteiger partial charge in [-0.05, 0) is 13.0 Å². The molecule has 0 spiro atoms. The lowest BCUT2D eigenvalue weighted by Crippen LogP contribution is -2.15. The summed E-state index contributed by atoms with van der Waals surface area (Å²) in [5, 5.41) is 34.8. The molecule has 0 amide bonds. The van der Waals surface area contributed by atoms with Crippen molar-refractivity contribution in [3.05, 3.63) is 60.2 Å². The van der Waals surface area contributed by atoms with E-state index in [1.165, 1.54) is 6.92 Å². The van der Waals surface area contributed by atoms with Crippen LogP contribution < -0.4 is 11.0 Å². The van der Waals surface area contributed by atoms with Gasteiger partial charge in [-0.2, -0.15) is 5.10 Å². The van der Waals surface area contributed by atoms with Gasteiger partial charge in [0.15, 0.2) is 0 Å². The Balaban J connectivity index is 2.31. The molecule has 2 aromatic rings. The monoisotopic (exact) mass is 334 g/mol. The first-order valence-electron chi connectivity index (χ1n) is 6.31. The number of hydrogen-bond donors (Lipinski definition) is 3. The van der Waals surface area contributed by atoms with Gasteiger partial charge in [0.1, 0.15) is 17.1 Å². The number of nitro groups is 2. The number of nitrogens with one attached hydrogen (secondary N) is 2. The van der Waals surface area contributed by atoms with E-state index in [0.717, 1.165) is 24.4 Å². The Morgan fingerprint density at radius 3 is 2.62 bits per heavy atom. The van der Waals surface area contributed by atoms with Crippen LogP contribution in [0.2, 0.25) is 0 Å². The van der Waals surface area contributed by atoms with Crippen molar-refractivity contribution < 1.29 is 15.0 Å². The second-order valence-electron chi connectivity index (χ2n) is 4.47. The van der Waals surface area contributed by atoms with Crippen LogP contribution in [0.15, 0.2) is 28.1 Å². The minimum Gasteiger partial charge on any atom is -0.493 e. The number of H-pyrrole nitrogens is 1. The maximum atomic E-state index is 11.6. The smallest absolute Gasteiger partial charge is 0.301 e. The maximum Gasteiger partial charge on any atom is 0.301 e.